The maximum Gasteiger partial charge on any atom is 0.227 e. The SMILES string of the molecule is Nc1cccc(Nc2nccc(-c3cccc(N)c3)n2)c1. The molecule has 0 saturated heterocycles. The number of aromatic nitrogens is 2. The molecule has 5 nitrogen and oxygen atoms in total. The highest BCUT2D eigenvalue weighted by molar-refractivity contribution is 5.66. The van der Waals surface area contributed by atoms with Crippen molar-refractivity contribution in [2.75, 3.05) is 16.8 Å². The van der Waals surface area contributed by atoms with E-state index in [0.29, 0.717) is 17.3 Å². The summed E-state index contributed by atoms with van der Waals surface area (Å²) in [6, 6.07) is 16.9. The predicted octanol–water partition coefficient (Wildman–Crippen LogP) is 3.05. The van der Waals surface area contributed by atoms with E-state index in [1.54, 1.807) is 6.20 Å². The van der Waals surface area contributed by atoms with E-state index in [9.17, 15) is 0 Å². The van der Waals surface area contributed by atoms with Gasteiger partial charge in [0.1, 0.15) is 0 Å². The van der Waals surface area contributed by atoms with Crippen LogP contribution < -0.4 is 16.8 Å². The third-order valence-corrected chi connectivity index (χ3v) is 2.98. The molecule has 0 amide bonds. The van der Waals surface area contributed by atoms with Gasteiger partial charge in [-0.25, -0.2) is 9.97 Å². The Labute approximate surface area is 122 Å². The summed E-state index contributed by atoms with van der Waals surface area (Å²) in [6.45, 7) is 0. The van der Waals surface area contributed by atoms with Crippen LogP contribution in [0.5, 0.6) is 0 Å². The van der Waals surface area contributed by atoms with E-state index in [0.717, 1.165) is 16.9 Å². The van der Waals surface area contributed by atoms with Gasteiger partial charge in [0.15, 0.2) is 0 Å². The third-order valence-electron chi connectivity index (χ3n) is 2.98. The number of hydrogen-bond acceptors (Lipinski definition) is 5. The molecule has 2 aromatic carbocycles. The zero-order valence-electron chi connectivity index (χ0n) is 11.3. The molecule has 0 radical (unpaired) electrons. The van der Waals surface area contributed by atoms with E-state index in [1.165, 1.54) is 0 Å². The largest absolute Gasteiger partial charge is 0.399 e. The second-order valence-electron chi connectivity index (χ2n) is 4.64. The lowest BCUT2D eigenvalue weighted by Gasteiger charge is -2.07. The highest BCUT2D eigenvalue weighted by Crippen LogP contribution is 2.21. The number of nitrogens with two attached hydrogens (primary N) is 2. The molecule has 1 heterocycles. The van der Waals surface area contributed by atoms with Gasteiger partial charge in [0.2, 0.25) is 5.95 Å². The van der Waals surface area contributed by atoms with Crippen molar-refractivity contribution in [2.45, 2.75) is 0 Å². The van der Waals surface area contributed by atoms with Crippen LogP contribution in [0.1, 0.15) is 0 Å². The van der Waals surface area contributed by atoms with Crippen LogP contribution in [0.15, 0.2) is 60.8 Å². The fourth-order valence-corrected chi connectivity index (χ4v) is 2.02. The van der Waals surface area contributed by atoms with Gasteiger partial charge in [-0.2, -0.15) is 0 Å². The second kappa shape index (κ2) is 5.50. The minimum Gasteiger partial charge on any atom is -0.399 e. The Morgan fingerprint density at radius 3 is 2.38 bits per heavy atom. The zero-order valence-corrected chi connectivity index (χ0v) is 11.3. The lowest BCUT2D eigenvalue weighted by Crippen LogP contribution is -1.98. The molecule has 3 aromatic rings. The normalized spacial score (nSPS) is 10.3. The topological polar surface area (TPSA) is 89.8 Å². The molecule has 1 aromatic heterocycles. The molecule has 0 atom stereocenters. The molecular formula is C16H15N5. The quantitative estimate of drug-likeness (QED) is 0.640. The van der Waals surface area contributed by atoms with E-state index in [2.05, 4.69) is 15.3 Å². The molecule has 0 fully saturated rings. The van der Waals surface area contributed by atoms with Crippen LogP contribution in [0.2, 0.25) is 0 Å². The van der Waals surface area contributed by atoms with Gasteiger partial charge in [0.25, 0.3) is 0 Å². The van der Waals surface area contributed by atoms with E-state index < -0.39 is 0 Å². The number of anilines is 4. The van der Waals surface area contributed by atoms with E-state index in [4.69, 9.17) is 11.5 Å². The molecular weight excluding hydrogens is 262 g/mol. The standard InChI is InChI=1S/C16H15N5/c17-12-4-1-3-11(9-12)15-7-8-19-16(21-15)20-14-6-2-5-13(18)10-14/h1-10H,17-18H2,(H,19,20,21). The molecule has 3 rings (SSSR count). The molecule has 5 N–H and O–H groups in total. The van der Waals surface area contributed by atoms with E-state index >= 15 is 0 Å². The fraction of sp³-hybridized carbons (Fsp3) is 0. The lowest BCUT2D eigenvalue weighted by atomic mass is 10.1. The number of nitrogen functional groups attached to an aromatic ring is 2. The van der Waals surface area contributed by atoms with Gasteiger partial charge in [-0.05, 0) is 36.4 Å². The van der Waals surface area contributed by atoms with Crippen LogP contribution in [0.3, 0.4) is 0 Å². The van der Waals surface area contributed by atoms with Crippen LogP contribution >= 0.6 is 0 Å². The van der Waals surface area contributed by atoms with Crippen LogP contribution in [-0.4, -0.2) is 9.97 Å². The molecule has 0 aliphatic rings. The van der Waals surface area contributed by atoms with Gasteiger partial charge in [-0.1, -0.05) is 18.2 Å². The van der Waals surface area contributed by atoms with Crippen molar-refractivity contribution < 1.29 is 0 Å². The minimum atomic E-state index is 0.514. The average molecular weight is 277 g/mol. The van der Waals surface area contributed by atoms with E-state index in [-0.39, 0.29) is 0 Å². The Hall–Kier alpha value is -3.08. The van der Waals surface area contributed by atoms with Gasteiger partial charge in [-0.3, -0.25) is 0 Å². The van der Waals surface area contributed by atoms with Crippen molar-refractivity contribution in [3.63, 3.8) is 0 Å². The maximum atomic E-state index is 5.80. The second-order valence-corrected chi connectivity index (χ2v) is 4.64. The molecule has 0 aliphatic carbocycles. The summed E-state index contributed by atoms with van der Waals surface area (Å²) >= 11 is 0. The number of benzene rings is 2. The average Bonchev–Trinajstić information content (AvgIpc) is 2.47. The van der Waals surface area contributed by atoms with Gasteiger partial charge in [-0.15, -0.1) is 0 Å². The van der Waals surface area contributed by atoms with Gasteiger partial charge in [0.05, 0.1) is 5.69 Å². The molecule has 104 valence electrons. The smallest absolute Gasteiger partial charge is 0.227 e. The maximum absolute atomic E-state index is 5.80. The number of rotatable bonds is 3. The van der Waals surface area contributed by atoms with Crippen LogP contribution in [-0.2, 0) is 0 Å². The Kier molecular flexibility index (Phi) is 3.39. The molecule has 0 saturated carbocycles. The molecule has 21 heavy (non-hydrogen) atoms. The van der Waals surface area contributed by atoms with Gasteiger partial charge >= 0.3 is 0 Å². The summed E-state index contributed by atoms with van der Waals surface area (Å²) in [4.78, 5) is 8.71. The molecule has 0 bridgehead atoms. The summed E-state index contributed by atoms with van der Waals surface area (Å²) in [5.74, 6) is 0.514. The summed E-state index contributed by atoms with van der Waals surface area (Å²) in [5.41, 5.74) is 15.6. The van der Waals surface area contributed by atoms with Crippen molar-refractivity contribution in [3.8, 4) is 11.3 Å². The zero-order chi connectivity index (χ0) is 14.7. The third kappa shape index (κ3) is 3.09. The molecule has 0 aliphatic heterocycles. The number of hydrogen-bond donors (Lipinski definition) is 3. The van der Waals surface area contributed by atoms with Crippen LogP contribution in [0.4, 0.5) is 23.0 Å². The minimum absolute atomic E-state index is 0.514. The summed E-state index contributed by atoms with van der Waals surface area (Å²) in [5, 5.41) is 3.14. The van der Waals surface area contributed by atoms with Gasteiger partial charge < -0.3 is 16.8 Å². The predicted molar refractivity (Wildman–Crippen MR) is 86.0 cm³/mol. The lowest BCUT2D eigenvalue weighted by molar-refractivity contribution is 1.17. The first-order valence-electron chi connectivity index (χ1n) is 6.52. The first-order chi connectivity index (χ1) is 10.2. The number of nitrogens with zero attached hydrogens (tertiary/aromatic N) is 2. The van der Waals surface area contributed by atoms with Gasteiger partial charge in [0, 0.05) is 28.8 Å². The Bertz CT molecular complexity index is 770. The highest BCUT2D eigenvalue weighted by Gasteiger charge is 2.03. The Morgan fingerprint density at radius 2 is 1.62 bits per heavy atom. The van der Waals surface area contributed by atoms with Crippen molar-refractivity contribution >= 4 is 23.0 Å². The molecule has 5 heteroatoms. The monoisotopic (exact) mass is 277 g/mol. The summed E-state index contributed by atoms with van der Waals surface area (Å²) in [7, 11) is 0. The first-order valence-corrected chi connectivity index (χ1v) is 6.52. The van der Waals surface area contributed by atoms with E-state index in [1.807, 2.05) is 54.6 Å². The summed E-state index contributed by atoms with van der Waals surface area (Å²) < 4.78 is 0. The fourth-order valence-electron chi connectivity index (χ4n) is 2.02. The Balaban J connectivity index is 1.90. The number of nitrogens with one attached hydrogen (secondary N) is 1. The van der Waals surface area contributed by atoms with Crippen molar-refractivity contribution in [1.29, 1.82) is 0 Å². The molecule has 0 spiro atoms. The van der Waals surface area contributed by atoms with Crippen molar-refractivity contribution in [3.05, 3.63) is 60.8 Å². The first kappa shape index (κ1) is 12.9. The molecule has 0 unspecified atom stereocenters. The van der Waals surface area contributed by atoms with Crippen molar-refractivity contribution in [1.82, 2.24) is 9.97 Å². The van der Waals surface area contributed by atoms with Crippen LogP contribution in [0, 0.1) is 0 Å². The highest BCUT2D eigenvalue weighted by atomic mass is 15.1. The summed E-state index contributed by atoms with van der Waals surface area (Å²) in [6.07, 6.45) is 1.71. The van der Waals surface area contributed by atoms with Crippen LogP contribution in [0.25, 0.3) is 11.3 Å². The van der Waals surface area contributed by atoms with Crippen molar-refractivity contribution in [2.24, 2.45) is 0 Å². The Morgan fingerprint density at radius 1 is 0.857 bits per heavy atom.